The van der Waals surface area contributed by atoms with Crippen molar-refractivity contribution >= 4 is 23.4 Å². The number of alkyl halides is 3. The maximum Gasteiger partial charge on any atom is 0.416 e. The third kappa shape index (κ3) is 4.39. The number of urea groups is 1. The molecule has 1 fully saturated rings. The first-order chi connectivity index (χ1) is 17.7. The fourth-order valence-corrected chi connectivity index (χ4v) is 4.70. The quantitative estimate of drug-likeness (QED) is 0.427. The van der Waals surface area contributed by atoms with Gasteiger partial charge in [0.2, 0.25) is 5.91 Å². The number of carbonyl (C=O) groups excluding carboxylic acids is 2. The van der Waals surface area contributed by atoms with Gasteiger partial charge in [-0.1, -0.05) is 0 Å². The summed E-state index contributed by atoms with van der Waals surface area (Å²) in [6, 6.07) is 7.65. The fourth-order valence-electron chi connectivity index (χ4n) is 4.70. The van der Waals surface area contributed by atoms with E-state index in [2.05, 4.69) is 20.9 Å². The number of rotatable bonds is 4. The summed E-state index contributed by atoms with van der Waals surface area (Å²) in [4.78, 5) is 28.2. The van der Waals surface area contributed by atoms with Gasteiger partial charge in [-0.3, -0.25) is 4.79 Å². The number of carbonyl (C=O) groups is 2. The molecule has 12 heteroatoms. The highest BCUT2D eigenvalue weighted by atomic mass is 19.4. The van der Waals surface area contributed by atoms with Crippen molar-refractivity contribution in [3.8, 4) is 17.2 Å². The van der Waals surface area contributed by atoms with Crippen molar-refractivity contribution in [1.29, 1.82) is 0 Å². The zero-order valence-corrected chi connectivity index (χ0v) is 18.9. The molecule has 3 atom stereocenters. The van der Waals surface area contributed by atoms with Crippen molar-refractivity contribution in [3.63, 3.8) is 0 Å². The summed E-state index contributed by atoms with van der Waals surface area (Å²) in [7, 11) is 0. The molecule has 3 aliphatic rings. The molecule has 37 heavy (non-hydrogen) atoms. The maximum absolute atomic E-state index is 13.6. The summed E-state index contributed by atoms with van der Waals surface area (Å²) in [5.41, 5.74) is 0.0952. The molecule has 190 valence electrons. The van der Waals surface area contributed by atoms with Crippen molar-refractivity contribution in [2.24, 2.45) is 0 Å². The summed E-state index contributed by atoms with van der Waals surface area (Å²) in [5.74, 6) is 0.819. The Labute approximate surface area is 207 Å². The average Bonchev–Trinajstić information content (AvgIpc) is 3.34. The number of ether oxygens (including phenoxy) is 2. The molecule has 0 saturated heterocycles. The van der Waals surface area contributed by atoms with Crippen LogP contribution in [0.15, 0.2) is 48.7 Å². The molecule has 0 spiro atoms. The third-order valence-electron chi connectivity index (χ3n) is 6.44. The number of fused-ring (bicyclic) bond motifs is 4. The van der Waals surface area contributed by atoms with Crippen LogP contribution in [0.2, 0.25) is 0 Å². The lowest BCUT2D eigenvalue weighted by Crippen LogP contribution is -2.34. The van der Waals surface area contributed by atoms with Crippen LogP contribution in [0.3, 0.4) is 0 Å². The van der Waals surface area contributed by atoms with E-state index in [1.54, 1.807) is 30.5 Å². The van der Waals surface area contributed by atoms with Crippen LogP contribution < -0.4 is 25.4 Å². The van der Waals surface area contributed by atoms with Crippen LogP contribution in [-0.4, -0.2) is 29.1 Å². The zero-order chi connectivity index (χ0) is 25.9. The Morgan fingerprint density at radius 1 is 1.14 bits per heavy atom. The highest BCUT2D eigenvalue weighted by molar-refractivity contribution is 5.93. The Kier molecular flexibility index (Phi) is 5.21. The third-order valence-corrected chi connectivity index (χ3v) is 6.44. The van der Waals surface area contributed by atoms with Crippen LogP contribution in [0.1, 0.15) is 29.0 Å². The topological polar surface area (TPSA) is 102 Å². The van der Waals surface area contributed by atoms with Crippen LogP contribution >= 0.6 is 0 Å². The summed E-state index contributed by atoms with van der Waals surface area (Å²) in [5, 5.41) is 7.64. The molecule has 3 aromatic rings. The first-order valence-electron chi connectivity index (χ1n) is 11.4. The number of amides is 3. The second-order valence-electron chi connectivity index (χ2n) is 8.94. The number of nitrogens with one attached hydrogen (secondary N) is 3. The predicted octanol–water partition coefficient (Wildman–Crippen LogP) is 4.97. The molecule has 1 aliphatic carbocycles. The molecule has 0 radical (unpaired) electrons. The van der Waals surface area contributed by atoms with Gasteiger partial charge in [0.1, 0.15) is 35.0 Å². The lowest BCUT2D eigenvalue weighted by Gasteiger charge is -2.19. The number of aromatic nitrogens is 1. The number of pyridine rings is 1. The van der Waals surface area contributed by atoms with Gasteiger partial charge in [-0.15, -0.1) is 0 Å². The lowest BCUT2D eigenvalue weighted by molar-refractivity contribution is -0.137. The van der Waals surface area contributed by atoms with Gasteiger partial charge in [-0.25, -0.2) is 14.2 Å². The van der Waals surface area contributed by atoms with Gasteiger partial charge < -0.3 is 25.4 Å². The van der Waals surface area contributed by atoms with Crippen LogP contribution in [0.5, 0.6) is 17.2 Å². The van der Waals surface area contributed by atoms with Gasteiger partial charge in [-0.2, -0.15) is 13.2 Å². The van der Waals surface area contributed by atoms with Crippen molar-refractivity contribution in [2.75, 3.05) is 10.6 Å². The van der Waals surface area contributed by atoms with E-state index in [-0.39, 0.29) is 23.6 Å². The smallest absolute Gasteiger partial charge is 0.416 e. The molecule has 2 aromatic carbocycles. The first-order valence-corrected chi connectivity index (χ1v) is 11.4. The molecule has 0 bridgehead atoms. The van der Waals surface area contributed by atoms with Crippen molar-refractivity contribution in [1.82, 2.24) is 10.3 Å². The normalized spacial score (nSPS) is 21.1. The van der Waals surface area contributed by atoms with Gasteiger partial charge >= 0.3 is 12.2 Å². The number of hydrogen-bond donors (Lipinski definition) is 3. The SMILES string of the molecule is O=C1CCc2c(Oc3ccc4c(c3)[C@@H]3C(O4)[C@H]3NC(=O)Nc3cc(F)cc(C(F)(F)F)c3)ccnc2N1. The van der Waals surface area contributed by atoms with Gasteiger partial charge in [0, 0.05) is 29.4 Å². The van der Waals surface area contributed by atoms with Gasteiger partial charge in [0.15, 0.2) is 0 Å². The summed E-state index contributed by atoms with van der Waals surface area (Å²) in [6.07, 6.45) is -2.71. The van der Waals surface area contributed by atoms with Crippen LogP contribution in [0.25, 0.3) is 0 Å². The molecule has 6 rings (SSSR count). The van der Waals surface area contributed by atoms with E-state index >= 15 is 0 Å². The Hall–Kier alpha value is -4.35. The largest absolute Gasteiger partial charge is 0.487 e. The van der Waals surface area contributed by atoms with Gasteiger partial charge in [0.25, 0.3) is 0 Å². The first kappa shape index (κ1) is 23.1. The number of hydrogen-bond acceptors (Lipinski definition) is 5. The van der Waals surface area contributed by atoms with E-state index in [1.165, 1.54) is 0 Å². The predicted molar refractivity (Wildman–Crippen MR) is 122 cm³/mol. The summed E-state index contributed by atoms with van der Waals surface area (Å²) in [6.45, 7) is 0. The lowest BCUT2D eigenvalue weighted by atomic mass is 10.1. The Balaban J connectivity index is 1.13. The Bertz CT molecular complexity index is 1440. The van der Waals surface area contributed by atoms with E-state index in [0.717, 1.165) is 17.2 Å². The molecule has 8 nitrogen and oxygen atoms in total. The zero-order valence-electron chi connectivity index (χ0n) is 18.9. The number of halogens is 4. The number of nitrogens with zero attached hydrogens (tertiary/aromatic N) is 1. The number of benzene rings is 2. The van der Waals surface area contributed by atoms with Crippen LogP contribution in [0.4, 0.5) is 33.9 Å². The molecule has 1 saturated carbocycles. The second kappa shape index (κ2) is 8.36. The van der Waals surface area contributed by atoms with Gasteiger partial charge in [-0.05, 0) is 48.9 Å². The van der Waals surface area contributed by atoms with E-state index in [9.17, 15) is 27.2 Å². The standard InChI is InChI=1S/C25H18F4N4O4/c26-12-7-11(25(27,28)29)8-13(9-12)31-24(35)33-21-20-16-10-14(1-3-17(16)37-22(20)21)36-18-5-6-30-23-15(18)2-4-19(34)32-23/h1,3,5-10,20-22H,2,4H2,(H,30,32,34)(H2,31,33,35)/t20-,21-,22?/m0/s1. The second-order valence-corrected chi connectivity index (χ2v) is 8.94. The van der Waals surface area contributed by atoms with Crippen molar-refractivity contribution < 1.29 is 36.6 Å². The minimum Gasteiger partial charge on any atom is -0.487 e. The molecule has 1 aromatic heterocycles. The van der Waals surface area contributed by atoms with Crippen LogP contribution in [0, 0.1) is 5.82 Å². The molecule has 1 unspecified atom stereocenters. The summed E-state index contributed by atoms with van der Waals surface area (Å²) >= 11 is 0. The molecular formula is C25H18F4N4O4. The minimum atomic E-state index is -4.75. The molecule has 3 N–H and O–H groups in total. The fraction of sp³-hybridized carbons (Fsp3) is 0.240. The van der Waals surface area contributed by atoms with Gasteiger partial charge in [0.05, 0.1) is 17.5 Å². The van der Waals surface area contributed by atoms with Crippen molar-refractivity contribution in [2.45, 2.75) is 37.1 Å². The van der Waals surface area contributed by atoms with Crippen molar-refractivity contribution in [3.05, 3.63) is 71.2 Å². The highest BCUT2D eigenvalue weighted by Crippen LogP contribution is 2.54. The Morgan fingerprint density at radius 2 is 1.97 bits per heavy atom. The highest BCUT2D eigenvalue weighted by Gasteiger charge is 2.59. The minimum absolute atomic E-state index is 0.104. The monoisotopic (exact) mass is 514 g/mol. The van der Waals surface area contributed by atoms with E-state index in [1.807, 2.05) is 0 Å². The molecule has 2 aliphatic heterocycles. The number of anilines is 2. The van der Waals surface area contributed by atoms with E-state index in [0.29, 0.717) is 48.0 Å². The maximum atomic E-state index is 13.6. The van der Waals surface area contributed by atoms with E-state index in [4.69, 9.17) is 9.47 Å². The molecule has 3 heterocycles. The van der Waals surface area contributed by atoms with E-state index < -0.39 is 29.6 Å². The Morgan fingerprint density at radius 3 is 2.78 bits per heavy atom. The molecular weight excluding hydrogens is 496 g/mol. The summed E-state index contributed by atoms with van der Waals surface area (Å²) < 4.78 is 64.4. The van der Waals surface area contributed by atoms with Crippen LogP contribution in [-0.2, 0) is 17.4 Å². The molecule has 3 amide bonds. The average molecular weight is 514 g/mol.